The van der Waals surface area contributed by atoms with Crippen LogP contribution in [0.3, 0.4) is 0 Å². The summed E-state index contributed by atoms with van der Waals surface area (Å²) in [7, 11) is 5.88. The van der Waals surface area contributed by atoms with Gasteiger partial charge in [-0.15, -0.1) is 0 Å². The third-order valence-electron chi connectivity index (χ3n) is 7.55. The van der Waals surface area contributed by atoms with Crippen molar-refractivity contribution in [3.05, 3.63) is 65.4 Å². The third kappa shape index (κ3) is 3.12. The minimum absolute atomic E-state index is 0.0172. The number of aryl methyl sites for hydroxylation is 1. The molecule has 3 aromatic rings. The van der Waals surface area contributed by atoms with Gasteiger partial charge in [0.15, 0.2) is 0 Å². The number of aliphatic hydroxyl groups excluding tert-OH is 1. The number of aliphatic hydroxyl groups is 1. The standard InChI is InChI=1S/C26H31N3O3/c1-27-13-11-26(12-14-27)17-29(25(31)18-7-5-4-6-8-18)22(16-30)24-23(26)20-10-9-19(32-3)15-21(20)28(24)2/h4-10,15,22,30H,11-14,16-17H2,1-3H3/t22-/m0/s1. The zero-order valence-corrected chi connectivity index (χ0v) is 19.0. The number of methoxy groups -OCH3 is 1. The normalized spacial score (nSPS) is 20.5. The van der Waals surface area contributed by atoms with Gasteiger partial charge in [-0.3, -0.25) is 4.79 Å². The lowest BCUT2D eigenvalue weighted by Crippen LogP contribution is -2.55. The van der Waals surface area contributed by atoms with Crippen molar-refractivity contribution < 1.29 is 14.6 Å². The number of fused-ring (bicyclic) bond motifs is 4. The van der Waals surface area contributed by atoms with Crippen molar-refractivity contribution in [1.29, 1.82) is 0 Å². The molecule has 6 nitrogen and oxygen atoms in total. The second kappa shape index (κ2) is 7.94. The molecule has 168 valence electrons. The quantitative estimate of drug-likeness (QED) is 0.688. The lowest BCUT2D eigenvalue weighted by Gasteiger charge is -2.50. The molecule has 0 radical (unpaired) electrons. The molecule has 0 bridgehead atoms. The van der Waals surface area contributed by atoms with Gasteiger partial charge in [-0.25, -0.2) is 0 Å². The molecule has 0 aliphatic carbocycles. The van der Waals surface area contributed by atoms with Crippen molar-refractivity contribution >= 4 is 16.8 Å². The van der Waals surface area contributed by atoms with Crippen LogP contribution in [0.15, 0.2) is 48.5 Å². The number of hydrogen-bond acceptors (Lipinski definition) is 4. The minimum Gasteiger partial charge on any atom is -0.497 e. The summed E-state index contributed by atoms with van der Waals surface area (Å²) in [6.45, 7) is 2.49. The monoisotopic (exact) mass is 433 g/mol. The maximum absolute atomic E-state index is 13.7. The average Bonchev–Trinajstić information content (AvgIpc) is 3.13. The van der Waals surface area contributed by atoms with Crippen molar-refractivity contribution in [2.45, 2.75) is 24.3 Å². The summed E-state index contributed by atoms with van der Waals surface area (Å²) in [6, 6.07) is 15.3. The van der Waals surface area contributed by atoms with Gasteiger partial charge in [-0.2, -0.15) is 0 Å². The number of hydrogen-bond donors (Lipinski definition) is 1. The van der Waals surface area contributed by atoms with Crippen LogP contribution in [0.1, 0.15) is 40.5 Å². The third-order valence-corrected chi connectivity index (χ3v) is 7.55. The van der Waals surface area contributed by atoms with Gasteiger partial charge in [0.25, 0.3) is 5.91 Å². The van der Waals surface area contributed by atoms with Crippen molar-refractivity contribution in [2.24, 2.45) is 7.05 Å². The van der Waals surface area contributed by atoms with Crippen LogP contribution in [0.4, 0.5) is 0 Å². The Morgan fingerprint density at radius 3 is 2.50 bits per heavy atom. The Morgan fingerprint density at radius 1 is 1.12 bits per heavy atom. The summed E-state index contributed by atoms with van der Waals surface area (Å²) >= 11 is 0. The molecule has 32 heavy (non-hydrogen) atoms. The second-order valence-corrected chi connectivity index (χ2v) is 9.28. The number of ether oxygens (including phenoxy) is 1. The second-order valence-electron chi connectivity index (χ2n) is 9.28. The molecule has 1 spiro atoms. The number of nitrogens with zero attached hydrogens (tertiary/aromatic N) is 3. The molecule has 0 saturated carbocycles. The van der Waals surface area contributed by atoms with Crippen molar-refractivity contribution in [1.82, 2.24) is 14.4 Å². The highest BCUT2D eigenvalue weighted by molar-refractivity contribution is 5.96. The molecule has 0 unspecified atom stereocenters. The van der Waals surface area contributed by atoms with Crippen molar-refractivity contribution in [3.63, 3.8) is 0 Å². The van der Waals surface area contributed by atoms with E-state index in [9.17, 15) is 9.90 Å². The van der Waals surface area contributed by atoms with Gasteiger partial charge in [0.1, 0.15) is 5.75 Å². The van der Waals surface area contributed by atoms with E-state index in [0.29, 0.717) is 12.1 Å². The van der Waals surface area contributed by atoms with Gasteiger partial charge >= 0.3 is 0 Å². The molecule has 1 amide bonds. The van der Waals surface area contributed by atoms with E-state index in [1.165, 1.54) is 10.9 Å². The smallest absolute Gasteiger partial charge is 0.254 e. The van der Waals surface area contributed by atoms with Crippen LogP contribution in [0.25, 0.3) is 10.9 Å². The minimum atomic E-state index is -0.383. The van der Waals surface area contributed by atoms with E-state index in [-0.39, 0.29) is 24.0 Å². The maximum Gasteiger partial charge on any atom is 0.254 e. The predicted molar refractivity (Wildman–Crippen MR) is 125 cm³/mol. The zero-order valence-electron chi connectivity index (χ0n) is 19.0. The predicted octanol–water partition coefficient (Wildman–Crippen LogP) is 3.34. The molecule has 1 saturated heterocycles. The number of likely N-dealkylation sites (tertiary alicyclic amines) is 1. The zero-order chi connectivity index (χ0) is 22.5. The molecular weight excluding hydrogens is 402 g/mol. The largest absolute Gasteiger partial charge is 0.497 e. The van der Waals surface area contributed by atoms with Gasteiger partial charge < -0.3 is 24.2 Å². The molecule has 1 fully saturated rings. The topological polar surface area (TPSA) is 57.9 Å². The van der Waals surface area contributed by atoms with Crippen LogP contribution in [0, 0.1) is 0 Å². The number of amides is 1. The van der Waals surface area contributed by atoms with Crippen LogP contribution in [-0.2, 0) is 12.5 Å². The lowest BCUT2D eigenvalue weighted by atomic mass is 9.68. The Bertz CT molecular complexity index is 1150. The van der Waals surface area contributed by atoms with Gasteiger partial charge in [0.2, 0.25) is 0 Å². The van der Waals surface area contributed by atoms with Crippen molar-refractivity contribution in [3.8, 4) is 5.75 Å². The van der Waals surface area contributed by atoms with Crippen LogP contribution in [0.5, 0.6) is 5.75 Å². The Labute approximate surface area is 189 Å². The Hall–Kier alpha value is -2.83. The number of rotatable bonds is 3. The Morgan fingerprint density at radius 2 is 1.84 bits per heavy atom. The Balaban J connectivity index is 1.73. The molecular formula is C26H31N3O3. The van der Waals surface area contributed by atoms with E-state index in [1.807, 2.05) is 48.3 Å². The molecule has 1 atom stereocenters. The summed E-state index contributed by atoms with van der Waals surface area (Å²) in [5.74, 6) is 0.794. The summed E-state index contributed by atoms with van der Waals surface area (Å²) in [5, 5.41) is 11.7. The summed E-state index contributed by atoms with van der Waals surface area (Å²) < 4.78 is 7.66. The summed E-state index contributed by atoms with van der Waals surface area (Å²) in [4.78, 5) is 17.9. The lowest BCUT2D eigenvalue weighted by molar-refractivity contribution is 0.0353. The molecule has 2 aromatic carbocycles. The first-order valence-corrected chi connectivity index (χ1v) is 11.3. The number of aromatic nitrogens is 1. The van der Waals surface area contributed by atoms with Crippen LogP contribution < -0.4 is 4.74 Å². The number of carbonyl (C=O) groups is 1. The molecule has 1 N–H and O–H groups in total. The average molecular weight is 434 g/mol. The van der Waals surface area contributed by atoms with Crippen LogP contribution >= 0.6 is 0 Å². The van der Waals surface area contributed by atoms with E-state index in [1.54, 1.807) is 7.11 Å². The molecule has 2 aliphatic heterocycles. The van der Waals surface area contributed by atoms with E-state index < -0.39 is 0 Å². The molecule has 3 heterocycles. The SMILES string of the molecule is COc1ccc2c3c(n(C)c2c1)[C@H](CO)N(C(=O)c1ccccc1)CC31CCN(C)CC1. The highest BCUT2D eigenvalue weighted by Crippen LogP contribution is 2.50. The van der Waals surface area contributed by atoms with Crippen LogP contribution in [0.2, 0.25) is 0 Å². The van der Waals surface area contributed by atoms with E-state index in [2.05, 4.69) is 28.6 Å². The molecule has 1 aromatic heterocycles. The highest BCUT2D eigenvalue weighted by atomic mass is 16.5. The number of piperidine rings is 1. The number of benzene rings is 2. The molecule has 2 aliphatic rings. The Kier molecular flexibility index (Phi) is 5.22. The first kappa shape index (κ1) is 21.0. The fraction of sp³-hybridized carbons (Fsp3) is 0.423. The molecule has 6 heteroatoms. The fourth-order valence-corrected chi connectivity index (χ4v) is 5.77. The van der Waals surface area contributed by atoms with E-state index in [0.717, 1.165) is 42.9 Å². The summed E-state index contributed by atoms with van der Waals surface area (Å²) in [5.41, 5.74) is 3.97. The fourth-order valence-electron chi connectivity index (χ4n) is 5.77. The van der Waals surface area contributed by atoms with Gasteiger partial charge in [0, 0.05) is 41.7 Å². The first-order chi connectivity index (χ1) is 15.5. The number of carbonyl (C=O) groups excluding carboxylic acids is 1. The molecule has 5 rings (SSSR count). The van der Waals surface area contributed by atoms with Gasteiger partial charge in [-0.05, 0) is 62.8 Å². The van der Waals surface area contributed by atoms with Gasteiger partial charge in [-0.1, -0.05) is 18.2 Å². The van der Waals surface area contributed by atoms with E-state index >= 15 is 0 Å². The maximum atomic E-state index is 13.7. The van der Waals surface area contributed by atoms with Crippen molar-refractivity contribution in [2.75, 3.05) is 40.4 Å². The van der Waals surface area contributed by atoms with E-state index in [4.69, 9.17) is 4.74 Å². The summed E-state index contributed by atoms with van der Waals surface area (Å²) in [6.07, 6.45) is 1.97. The van der Waals surface area contributed by atoms with Gasteiger partial charge in [0.05, 0.1) is 25.3 Å². The first-order valence-electron chi connectivity index (χ1n) is 11.3. The highest BCUT2D eigenvalue weighted by Gasteiger charge is 2.49. The van der Waals surface area contributed by atoms with Crippen LogP contribution in [-0.4, -0.2) is 65.8 Å².